The van der Waals surface area contributed by atoms with E-state index in [1.165, 1.54) is 0 Å². The van der Waals surface area contributed by atoms with Crippen molar-refractivity contribution in [3.63, 3.8) is 0 Å². The zero-order chi connectivity index (χ0) is 15.2. The van der Waals surface area contributed by atoms with Crippen molar-refractivity contribution < 1.29 is 9.59 Å². The van der Waals surface area contributed by atoms with Crippen LogP contribution in [0.5, 0.6) is 0 Å². The summed E-state index contributed by atoms with van der Waals surface area (Å²) in [4.78, 5) is 27.0. The lowest BCUT2D eigenvalue weighted by Crippen LogP contribution is -2.69. The number of anilines is 1. The third-order valence-corrected chi connectivity index (χ3v) is 5.55. The second kappa shape index (κ2) is 5.39. The van der Waals surface area contributed by atoms with E-state index in [-0.39, 0.29) is 11.8 Å². The molecule has 2 aliphatic rings. The fourth-order valence-corrected chi connectivity index (χ4v) is 4.01. The van der Waals surface area contributed by atoms with Gasteiger partial charge in [0.1, 0.15) is 11.6 Å². The van der Waals surface area contributed by atoms with Crippen molar-refractivity contribution in [2.75, 3.05) is 4.90 Å². The Hall–Kier alpha value is -0.880. The molecule has 1 heterocycles. The van der Waals surface area contributed by atoms with Crippen LogP contribution in [0.25, 0.3) is 0 Å². The minimum absolute atomic E-state index is 0.00546. The van der Waals surface area contributed by atoms with E-state index in [1.807, 2.05) is 18.2 Å². The molecule has 0 bridgehead atoms. The van der Waals surface area contributed by atoms with Gasteiger partial charge in [-0.3, -0.25) is 14.5 Å². The highest BCUT2D eigenvalue weighted by Gasteiger charge is 2.51. The first-order valence-corrected chi connectivity index (χ1v) is 8.64. The van der Waals surface area contributed by atoms with E-state index in [2.05, 4.69) is 37.2 Å². The largest absolute Gasteiger partial charge is 0.340 e. The van der Waals surface area contributed by atoms with Gasteiger partial charge in [0, 0.05) is 8.95 Å². The van der Waals surface area contributed by atoms with Crippen molar-refractivity contribution in [2.45, 2.75) is 44.2 Å². The van der Waals surface area contributed by atoms with Crippen molar-refractivity contribution in [1.82, 2.24) is 5.32 Å². The Balaban J connectivity index is 2.08. The van der Waals surface area contributed by atoms with Crippen LogP contribution >= 0.6 is 31.9 Å². The molecule has 1 N–H and O–H groups in total. The number of benzene rings is 1. The Morgan fingerprint density at radius 2 is 1.90 bits per heavy atom. The summed E-state index contributed by atoms with van der Waals surface area (Å²) in [5.41, 5.74) is 0.0359. The minimum atomic E-state index is -0.703. The van der Waals surface area contributed by atoms with E-state index in [4.69, 9.17) is 0 Å². The molecule has 2 amide bonds. The Morgan fingerprint density at radius 3 is 2.57 bits per heavy atom. The SMILES string of the molecule is CC1C(=O)NC2(CCCC2)C(=O)N1c1cc(Br)ccc1Br. The Kier molecular flexibility index (Phi) is 3.86. The molecule has 1 aromatic rings. The van der Waals surface area contributed by atoms with E-state index in [9.17, 15) is 9.59 Å². The van der Waals surface area contributed by atoms with Crippen LogP contribution in [-0.2, 0) is 9.59 Å². The summed E-state index contributed by atoms with van der Waals surface area (Å²) in [5, 5.41) is 2.97. The van der Waals surface area contributed by atoms with Crippen molar-refractivity contribution in [1.29, 1.82) is 0 Å². The standard InChI is InChI=1S/C15H16Br2N2O2/c1-9-13(20)18-15(6-2-3-7-15)14(21)19(9)12-8-10(16)4-5-11(12)17/h4-5,8-9H,2-3,6-7H2,1H3,(H,18,20). The summed E-state index contributed by atoms with van der Waals surface area (Å²) < 4.78 is 1.70. The summed E-state index contributed by atoms with van der Waals surface area (Å²) in [6.45, 7) is 1.77. The van der Waals surface area contributed by atoms with E-state index in [0.29, 0.717) is 0 Å². The first-order valence-electron chi connectivity index (χ1n) is 7.05. The van der Waals surface area contributed by atoms with Gasteiger partial charge in [0.05, 0.1) is 5.69 Å². The van der Waals surface area contributed by atoms with Gasteiger partial charge in [-0.25, -0.2) is 0 Å². The van der Waals surface area contributed by atoms with Gasteiger partial charge in [-0.15, -0.1) is 0 Å². The molecule has 1 saturated carbocycles. The summed E-state index contributed by atoms with van der Waals surface area (Å²) in [6, 6.07) is 5.15. The highest BCUT2D eigenvalue weighted by Crippen LogP contribution is 2.39. The fraction of sp³-hybridized carbons (Fsp3) is 0.467. The predicted molar refractivity (Wildman–Crippen MR) is 88.1 cm³/mol. The molecule has 2 fully saturated rings. The molecule has 3 rings (SSSR count). The Morgan fingerprint density at radius 1 is 1.24 bits per heavy atom. The number of hydrogen-bond acceptors (Lipinski definition) is 2. The van der Waals surface area contributed by atoms with Crippen LogP contribution in [0, 0.1) is 0 Å². The van der Waals surface area contributed by atoms with Gasteiger partial charge in [0.25, 0.3) is 5.91 Å². The third kappa shape index (κ3) is 2.42. The monoisotopic (exact) mass is 414 g/mol. The number of carbonyl (C=O) groups excluding carboxylic acids is 2. The average Bonchev–Trinajstić information content (AvgIpc) is 2.90. The molecule has 1 aromatic carbocycles. The maximum absolute atomic E-state index is 13.0. The molecule has 21 heavy (non-hydrogen) atoms. The quantitative estimate of drug-likeness (QED) is 0.764. The van der Waals surface area contributed by atoms with Gasteiger partial charge >= 0.3 is 0 Å². The Labute approximate surface area is 140 Å². The van der Waals surface area contributed by atoms with E-state index < -0.39 is 11.6 Å². The minimum Gasteiger partial charge on any atom is -0.340 e. The van der Waals surface area contributed by atoms with E-state index in [1.54, 1.807) is 11.8 Å². The van der Waals surface area contributed by atoms with Gasteiger partial charge in [-0.05, 0) is 53.9 Å². The number of halogens is 2. The van der Waals surface area contributed by atoms with Crippen LogP contribution < -0.4 is 10.2 Å². The van der Waals surface area contributed by atoms with Gasteiger partial charge in [-0.2, -0.15) is 0 Å². The maximum Gasteiger partial charge on any atom is 0.253 e. The van der Waals surface area contributed by atoms with Gasteiger partial charge in [0.15, 0.2) is 0 Å². The summed E-state index contributed by atoms with van der Waals surface area (Å²) in [6.07, 6.45) is 3.42. The van der Waals surface area contributed by atoms with Gasteiger partial charge in [-0.1, -0.05) is 28.8 Å². The lowest BCUT2D eigenvalue weighted by molar-refractivity contribution is -0.137. The molecule has 1 spiro atoms. The van der Waals surface area contributed by atoms with E-state index >= 15 is 0 Å². The highest BCUT2D eigenvalue weighted by molar-refractivity contribution is 9.11. The van der Waals surface area contributed by atoms with Gasteiger partial charge in [0.2, 0.25) is 5.91 Å². The summed E-state index contributed by atoms with van der Waals surface area (Å²) in [7, 11) is 0. The second-order valence-electron chi connectivity index (χ2n) is 5.73. The zero-order valence-corrected chi connectivity index (χ0v) is 14.8. The zero-order valence-electron chi connectivity index (χ0n) is 11.7. The number of hydrogen-bond donors (Lipinski definition) is 1. The predicted octanol–water partition coefficient (Wildman–Crippen LogP) is 3.38. The van der Waals surface area contributed by atoms with Gasteiger partial charge < -0.3 is 5.32 Å². The van der Waals surface area contributed by atoms with Crippen LogP contribution in [0.3, 0.4) is 0 Å². The maximum atomic E-state index is 13.0. The number of nitrogens with zero attached hydrogens (tertiary/aromatic N) is 1. The van der Waals surface area contributed by atoms with E-state index in [0.717, 1.165) is 40.3 Å². The lowest BCUT2D eigenvalue weighted by Gasteiger charge is -2.43. The summed E-state index contributed by atoms with van der Waals surface area (Å²) >= 11 is 6.93. The molecule has 0 aromatic heterocycles. The molecule has 1 aliphatic carbocycles. The van der Waals surface area contributed by atoms with Crippen molar-refractivity contribution in [3.05, 3.63) is 27.1 Å². The molecular weight excluding hydrogens is 400 g/mol. The van der Waals surface area contributed by atoms with Crippen molar-refractivity contribution in [2.24, 2.45) is 0 Å². The second-order valence-corrected chi connectivity index (χ2v) is 7.50. The van der Waals surface area contributed by atoms with Crippen LogP contribution in [0.1, 0.15) is 32.6 Å². The van der Waals surface area contributed by atoms with Crippen LogP contribution in [0.4, 0.5) is 5.69 Å². The fourth-order valence-electron chi connectivity index (χ4n) is 3.22. The number of carbonyl (C=O) groups is 2. The number of amides is 2. The van der Waals surface area contributed by atoms with Crippen LogP contribution in [-0.4, -0.2) is 23.4 Å². The highest BCUT2D eigenvalue weighted by atomic mass is 79.9. The Bertz CT molecular complexity index is 612. The number of nitrogens with one attached hydrogen (secondary N) is 1. The first kappa shape index (κ1) is 15.0. The van der Waals surface area contributed by atoms with Crippen molar-refractivity contribution >= 4 is 49.4 Å². The van der Waals surface area contributed by atoms with Crippen LogP contribution in [0.15, 0.2) is 27.1 Å². The molecule has 112 valence electrons. The normalized spacial score (nSPS) is 24.5. The topological polar surface area (TPSA) is 49.4 Å². The molecule has 0 radical (unpaired) electrons. The lowest BCUT2D eigenvalue weighted by atomic mass is 9.90. The number of piperazine rings is 1. The third-order valence-electron chi connectivity index (χ3n) is 4.38. The number of rotatable bonds is 1. The molecule has 1 atom stereocenters. The first-order chi connectivity index (χ1) is 9.94. The van der Waals surface area contributed by atoms with Crippen LogP contribution in [0.2, 0.25) is 0 Å². The average molecular weight is 416 g/mol. The molecular formula is C15H16Br2N2O2. The molecule has 6 heteroatoms. The molecule has 4 nitrogen and oxygen atoms in total. The molecule has 1 saturated heterocycles. The van der Waals surface area contributed by atoms with Crippen molar-refractivity contribution in [3.8, 4) is 0 Å². The smallest absolute Gasteiger partial charge is 0.253 e. The molecule has 1 aliphatic heterocycles. The molecule has 1 unspecified atom stereocenters. The summed E-state index contributed by atoms with van der Waals surface area (Å²) in [5.74, 6) is -0.0747.